The number of carbonyl (C=O) groups is 1. The van der Waals surface area contributed by atoms with Crippen LogP contribution in [0.5, 0.6) is 0 Å². The number of hydrogen-bond donors (Lipinski definition) is 0. The summed E-state index contributed by atoms with van der Waals surface area (Å²) >= 11 is 0. The van der Waals surface area contributed by atoms with E-state index >= 15 is 0 Å². The highest BCUT2D eigenvalue weighted by atomic mass is 32.2. The highest BCUT2D eigenvalue weighted by molar-refractivity contribution is 7.90. The molecule has 1 aromatic heterocycles. The van der Waals surface area contributed by atoms with Crippen LogP contribution < -0.4 is 0 Å². The fourth-order valence-corrected chi connectivity index (χ4v) is 4.37. The van der Waals surface area contributed by atoms with E-state index in [0.29, 0.717) is 24.4 Å². The second-order valence-corrected chi connectivity index (χ2v) is 8.10. The number of aromatic nitrogens is 1. The molecule has 0 aliphatic carbocycles. The average molecular weight is 362 g/mol. The van der Waals surface area contributed by atoms with E-state index in [1.165, 1.54) is 0 Å². The number of rotatable bonds is 2. The molecule has 3 aliphatic heterocycles. The summed E-state index contributed by atoms with van der Waals surface area (Å²) in [5.41, 5.74) is 1.07. The van der Waals surface area contributed by atoms with Crippen LogP contribution in [0.25, 0.3) is 0 Å². The lowest BCUT2D eigenvalue weighted by Crippen LogP contribution is -2.43. The van der Waals surface area contributed by atoms with Gasteiger partial charge in [-0.2, -0.15) is 0 Å². The van der Waals surface area contributed by atoms with Crippen molar-refractivity contribution in [1.82, 2.24) is 15.0 Å². The van der Waals surface area contributed by atoms with Crippen molar-refractivity contribution in [3.8, 4) is 0 Å². The predicted molar refractivity (Wildman–Crippen MR) is 90.1 cm³/mol. The lowest BCUT2D eigenvalue weighted by molar-refractivity contribution is -0.127. The molecule has 3 aliphatic rings. The zero-order chi connectivity index (χ0) is 17.6. The van der Waals surface area contributed by atoms with Crippen LogP contribution in [0.2, 0.25) is 0 Å². The largest absolute Gasteiger partial charge is 0.359 e. The summed E-state index contributed by atoms with van der Waals surface area (Å²) in [5.74, 6) is 0.580. The van der Waals surface area contributed by atoms with Crippen LogP contribution in [-0.2, 0) is 14.8 Å². The molecule has 0 bridgehead atoms. The van der Waals surface area contributed by atoms with Gasteiger partial charge in [0.15, 0.2) is 11.6 Å². The Balaban J connectivity index is 1.67. The van der Waals surface area contributed by atoms with E-state index in [1.807, 2.05) is 13.0 Å². The number of carbonyl (C=O) groups excluding carboxylic acids is 1. The summed E-state index contributed by atoms with van der Waals surface area (Å²) in [6, 6.07) is 1.65. The Labute approximate surface area is 145 Å². The van der Waals surface area contributed by atoms with Crippen molar-refractivity contribution in [3.05, 3.63) is 41.4 Å². The van der Waals surface area contributed by atoms with E-state index in [2.05, 4.69) is 9.55 Å². The summed E-state index contributed by atoms with van der Waals surface area (Å²) in [5, 5.41) is 3.90. The maximum Gasteiger partial charge on any atom is 0.258 e. The molecular formula is C16H18N4O4S. The van der Waals surface area contributed by atoms with Gasteiger partial charge in [-0.05, 0) is 31.9 Å². The van der Waals surface area contributed by atoms with Gasteiger partial charge in [0.05, 0.1) is 23.1 Å². The number of aryl methyl sites for hydroxylation is 1. The zero-order valence-corrected chi connectivity index (χ0v) is 14.6. The number of nitrogens with zero attached hydrogens (tertiary/aromatic N) is 4. The monoisotopic (exact) mass is 362 g/mol. The molecule has 0 saturated carbocycles. The van der Waals surface area contributed by atoms with E-state index in [4.69, 9.17) is 4.52 Å². The van der Waals surface area contributed by atoms with Gasteiger partial charge in [0.1, 0.15) is 0 Å². The molecule has 132 valence electrons. The first-order valence-electron chi connectivity index (χ1n) is 8.17. The number of amides is 1. The standard InChI is InChI=1S/C16H18N4O4S/c1-11-10-14(24-17-11)13-5-3-7-20(13)16(21)12-4-2-6-19-8-9-25(22,23)18-15(12)19/h2,4,6,10,13H,3,5,7-9H2,1H3. The molecule has 1 fully saturated rings. The number of allylic oxidation sites excluding steroid dienone is 2. The molecule has 0 spiro atoms. The molecule has 9 heteroatoms. The highest BCUT2D eigenvalue weighted by Crippen LogP contribution is 2.34. The average Bonchev–Trinajstić information content (AvgIpc) is 3.21. The fraction of sp³-hybridized carbons (Fsp3) is 0.438. The number of sulfonamides is 1. The molecule has 1 amide bonds. The Morgan fingerprint density at radius 3 is 2.96 bits per heavy atom. The number of likely N-dealkylation sites (tertiary alicyclic amines) is 1. The van der Waals surface area contributed by atoms with Gasteiger partial charge in [-0.15, -0.1) is 4.40 Å². The van der Waals surface area contributed by atoms with Crippen molar-refractivity contribution in [2.24, 2.45) is 4.40 Å². The molecule has 0 N–H and O–H groups in total. The number of hydrogen-bond acceptors (Lipinski definition) is 6. The predicted octanol–water partition coefficient (Wildman–Crippen LogP) is 1.14. The third-order valence-corrected chi connectivity index (χ3v) is 5.73. The third kappa shape index (κ3) is 2.88. The minimum atomic E-state index is -3.53. The Morgan fingerprint density at radius 2 is 2.20 bits per heavy atom. The molecule has 1 aromatic rings. The van der Waals surface area contributed by atoms with E-state index in [9.17, 15) is 13.2 Å². The van der Waals surface area contributed by atoms with E-state index < -0.39 is 10.0 Å². The minimum absolute atomic E-state index is 0.0496. The molecule has 1 atom stereocenters. The molecule has 0 aromatic carbocycles. The van der Waals surface area contributed by atoms with Crippen LogP contribution in [0.15, 0.2) is 38.9 Å². The molecule has 8 nitrogen and oxygen atoms in total. The zero-order valence-electron chi connectivity index (χ0n) is 13.8. The SMILES string of the molecule is Cc1cc(C2CCCN2C(=O)C2=CC=CN3CCS(=O)(=O)N=C23)on1. The first-order chi connectivity index (χ1) is 11.9. The van der Waals surface area contributed by atoms with Crippen molar-refractivity contribution in [3.63, 3.8) is 0 Å². The van der Waals surface area contributed by atoms with Crippen molar-refractivity contribution in [2.75, 3.05) is 18.8 Å². The molecule has 4 rings (SSSR count). The van der Waals surface area contributed by atoms with Crippen LogP contribution in [0.1, 0.15) is 30.3 Å². The van der Waals surface area contributed by atoms with Crippen molar-refractivity contribution in [2.45, 2.75) is 25.8 Å². The molecular weight excluding hydrogens is 344 g/mol. The smallest absolute Gasteiger partial charge is 0.258 e. The van der Waals surface area contributed by atoms with Crippen molar-refractivity contribution < 1.29 is 17.7 Å². The normalized spacial score (nSPS) is 24.8. The van der Waals surface area contributed by atoms with E-state index in [0.717, 1.165) is 18.5 Å². The van der Waals surface area contributed by atoms with Gasteiger partial charge in [0.25, 0.3) is 15.9 Å². The second kappa shape index (κ2) is 5.83. The summed E-state index contributed by atoms with van der Waals surface area (Å²) in [6.45, 7) is 2.72. The Bertz CT molecular complexity index is 912. The van der Waals surface area contributed by atoms with Gasteiger partial charge in [0, 0.05) is 25.4 Å². The van der Waals surface area contributed by atoms with E-state index in [1.54, 1.807) is 28.2 Å². The van der Waals surface area contributed by atoms with Crippen LogP contribution in [0.3, 0.4) is 0 Å². The summed E-state index contributed by atoms with van der Waals surface area (Å²) in [7, 11) is -3.53. The quantitative estimate of drug-likeness (QED) is 0.783. The van der Waals surface area contributed by atoms with Gasteiger partial charge in [-0.3, -0.25) is 4.79 Å². The van der Waals surface area contributed by atoms with Crippen LogP contribution in [0.4, 0.5) is 0 Å². The summed E-state index contributed by atoms with van der Waals surface area (Å²) < 4.78 is 32.9. The molecule has 1 saturated heterocycles. The Morgan fingerprint density at radius 1 is 1.36 bits per heavy atom. The van der Waals surface area contributed by atoms with E-state index in [-0.39, 0.29) is 23.5 Å². The fourth-order valence-electron chi connectivity index (χ4n) is 3.38. The van der Waals surface area contributed by atoms with Gasteiger partial charge >= 0.3 is 0 Å². The first-order valence-corrected chi connectivity index (χ1v) is 9.78. The van der Waals surface area contributed by atoms with Crippen molar-refractivity contribution >= 4 is 21.8 Å². The Hall–Kier alpha value is -2.42. The lowest BCUT2D eigenvalue weighted by Gasteiger charge is -2.31. The molecule has 4 heterocycles. The van der Waals surface area contributed by atoms with Crippen molar-refractivity contribution in [1.29, 1.82) is 0 Å². The summed E-state index contributed by atoms with van der Waals surface area (Å²) in [6.07, 6.45) is 6.75. The topological polar surface area (TPSA) is 96.1 Å². The lowest BCUT2D eigenvalue weighted by atomic mass is 10.1. The van der Waals surface area contributed by atoms with Gasteiger partial charge in [-0.25, -0.2) is 8.42 Å². The molecule has 0 radical (unpaired) electrons. The third-order valence-electron chi connectivity index (χ3n) is 4.58. The van der Waals surface area contributed by atoms with Crippen LogP contribution >= 0.6 is 0 Å². The van der Waals surface area contributed by atoms with Gasteiger partial charge < -0.3 is 14.3 Å². The molecule has 1 unspecified atom stereocenters. The maximum absolute atomic E-state index is 13.1. The minimum Gasteiger partial charge on any atom is -0.359 e. The van der Waals surface area contributed by atoms with Gasteiger partial charge in [0.2, 0.25) is 0 Å². The Kier molecular flexibility index (Phi) is 3.75. The van der Waals surface area contributed by atoms with Gasteiger partial charge in [-0.1, -0.05) is 5.16 Å². The maximum atomic E-state index is 13.1. The van der Waals surface area contributed by atoms with Crippen LogP contribution in [-0.4, -0.2) is 54.0 Å². The second-order valence-electron chi connectivity index (χ2n) is 6.34. The summed E-state index contributed by atoms with van der Waals surface area (Å²) in [4.78, 5) is 16.5. The number of amidine groups is 1. The van der Waals surface area contributed by atoms with Crippen LogP contribution in [0, 0.1) is 6.92 Å². The highest BCUT2D eigenvalue weighted by Gasteiger charge is 2.38. The first kappa shape index (κ1) is 16.1. The molecule has 25 heavy (non-hydrogen) atoms. The number of fused-ring (bicyclic) bond motifs is 1.